The second-order valence-corrected chi connectivity index (χ2v) is 6.60. The van der Waals surface area contributed by atoms with Gasteiger partial charge in [-0.2, -0.15) is 10.2 Å². The number of amides is 1. The molecule has 0 saturated carbocycles. The van der Waals surface area contributed by atoms with Crippen molar-refractivity contribution in [3.05, 3.63) is 71.7 Å². The van der Waals surface area contributed by atoms with E-state index in [4.69, 9.17) is 0 Å². The molecule has 0 aliphatic heterocycles. The van der Waals surface area contributed by atoms with Gasteiger partial charge in [0.05, 0.1) is 11.4 Å². The predicted octanol–water partition coefficient (Wildman–Crippen LogP) is 3.07. The number of carbonyl (C=O) groups is 1. The van der Waals surface area contributed by atoms with Crippen LogP contribution in [0.1, 0.15) is 21.9 Å². The maximum absolute atomic E-state index is 13.1. The molecule has 1 aromatic carbocycles. The summed E-state index contributed by atoms with van der Waals surface area (Å²) in [6, 6.07) is 11.2. The Kier molecular flexibility index (Phi) is 4.63. The average molecular weight is 391 g/mol. The maximum Gasteiger partial charge on any atom is 0.275 e. The van der Waals surface area contributed by atoms with Crippen molar-refractivity contribution in [3.8, 4) is 17.1 Å². The molecule has 146 valence electrons. The topological polar surface area (TPSA) is 90.5 Å². The molecule has 0 unspecified atom stereocenters. The SMILES string of the molecule is Cc1cc(C)n(-c2cc(NC(=O)c3cc(-c4ccc(F)cc4)nn3C)ncn2)n1. The fourth-order valence-corrected chi connectivity index (χ4v) is 3.01. The average Bonchev–Trinajstić information content (AvgIpc) is 3.24. The summed E-state index contributed by atoms with van der Waals surface area (Å²) in [5.41, 5.74) is 3.43. The van der Waals surface area contributed by atoms with Gasteiger partial charge in [0.2, 0.25) is 0 Å². The molecule has 0 atom stereocenters. The second-order valence-electron chi connectivity index (χ2n) is 6.60. The Bertz CT molecular complexity index is 1190. The van der Waals surface area contributed by atoms with Gasteiger partial charge in [-0.15, -0.1) is 0 Å². The van der Waals surface area contributed by atoms with Crippen LogP contribution in [-0.4, -0.2) is 35.4 Å². The van der Waals surface area contributed by atoms with Crippen LogP contribution in [0.15, 0.2) is 48.8 Å². The molecule has 3 heterocycles. The smallest absolute Gasteiger partial charge is 0.275 e. The zero-order valence-corrected chi connectivity index (χ0v) is 16.1. The summed E-state index contributed by atoms with van der Waals surface area (Å²) in [5.74, 6) is 0.200. The minimum Gasteiger partial charge on any atom is -0.305 e. The van der Waals surface area contributed by atoms with Gasteiger partial charge in [-0.25, -0.2) is 19.0 Å². The van der Waals surface area contributed by atoms with Crippen molar-refractivity contribution in [3.63, 3.8) is 0 Å². The summed E-state index contributed by atoms with van der Waals surface area (Å²) in [7, 11) is 1.67. The highest BCUT2D eigenvalue weighted by atomic mass is 19.1. The second kappa shape index (κ2) is 7.27. The van der Waals surface area contributed by atoms with E-state index in [0.29, 0.717) is 23.0 Å². The zero-order valence-electron chi connectivity index (χ0n) is 16.1. The van der Waals surface area contributed by atoms with Crippen molar-refractivity contribution in [2.24, 2.45) is 7.05 Å². The first-order valence-corrected chi connectivity index (χ1v) is 8.88. The first-order chi connectivity index (χ1) is 13.9. The predicted molar refractivity (Wildman–Crippen MR) is 105 cm³/mol. The van der Waals surface area contributed by atoms with Gasteiger partial charge in [-0.3, -0.25) is 9.48 Å². The molecule has 0 fully saturated rings. The van der Waals surface area contributed by atoms with Crippen LogP contribution in [-0.2, 0) is 7.05 Å². The summed E-state index contributed by atoms with van der Waals surface area (Å²) in [4.78, 5) is 21.1. The van der Waals surface area contributed by atoms with E-state index < -0.39 is 0 Å². The lowest BCUT2D eigenvalue weighted by Crippen LogP contribution is -2.17. The van der Waals surface area contributed by atoms with Crippen LogP contribution in [0.3, 0.4) is 0 Å². The van der Waals surface area contributed by atoms with Crippen molar-refractivity contribution < 1.29 is 9.18 Å². The summed E-state index contributed by atoms with van der Waals surface area (Å²) >= 11 is 0. The minimum absolute atomic E-state index is 0.329. The normalized spacial score (nSPS) is 10.9. The van der Waals surface area contributed by atoms with Crippen molar-refractivity contribution in [1.82, 2.24) is 29.5 Å². The first kappa shape index (κ1) is 18.5. The van der Waals surface area contributed by atoms with Crippen LogP contribution >= 0.6 is 0 Å². The molecule has 0 bridgehead atoms. The van der Waals surface area contributed by atoms with Crippen LogP contribution < -0.4 is 5.32 Å². The molecular weight excluding hydrogens is 373 g/mol. The molecule has 4 aromatic rings. The Hall–Kier alpha value is -3.88. The van der Waals surface area contributed by atoms with Crippen LogP contribution in [0, 0.1) is 19.7 Å². The molecule has 0 spiro atoms. The molecule has 1 amide bonds. The van der Waals surface area contributed by atoms with Gasteiger partial charge in [0.1, 0.15) is 23.7 Å². The number of aryl methyl sites for hydroxylation is 3. The molecule has 9 heteroatoms. The highest BCUT2D eigenvalue weighted by Crippen LogP contribution is 2.20. The third kappa shape index (κ3) is 3.75. The van der Waals surface area contributed by atoms with Gasteiger partial charge < -0.3 is 5.32 Å². The molecule has 0 radical (unpaired) electrons. The van der Waals surface area contributed by atoms with E-state index in [-0.39, 0.29) is 11.7 Å². The number of nitrogens with one attached hydrogen (secondary N) is 1. The standard InChI is InChI=1S/C20H18FN7O/c1-12-8-13(2)28(25-12)19-10-18(22-11-23-19)24-20(29)17-9-16(26-27(17)3)14-4-6-15(21)7-5-14/h4-11H,1-3H3,(H,22,23,24,29). The van der Waals surface area contributed by atoms with E-state index in [1.54, 1.807) is 36.0 Å². The van der Waals surface area contributed by atoms with Gasteiger partial charge in [0.25, 0.3) is 5.91 Å². The highest BCUT2D eigenvalue weighted by molar-refractivity contribution is 6.03. The third-order valence-electron chi connectivity index (χ3n) is 4.37. The number of rotatable bonds is 4. The van der Waals surface area contributed by atoms with Gasteiger partial charge in [0, 0.05) is 24.4 Å². The van der Waals surface area contributed by atoms with Crippen molar-refractivity contribution >= 4 is 11.7 Å². The first-order valence-electron chi connectivity index (χ1n) is 8.88. The molecular formula is C20H18FN7O. The Morgan fingerprint density at radius 3 is 2.48 bits per heavy atom. The molecule has 29 heavy (non-hydrogen) atoms. The quantitative estimate of drug-likeness (QED) is 0.577. The zero-order chi connectivity index (χ0) is 20.5. The number of aromatic nitrogens is 6. The lowest BCUT2D eigenvalue weighted by molar-refractivity contribution is 0.101. The largest absolute Gasteiger partial charge is 0.305 e. The van der Waals surface area contributed by atoms with E-state index in [1.165, 1.54) is 23.1 Å². The number of anilines is 1. The summed E-state index contributed by atoms with van der Waals surface area (Å²) < 4.78 is 16.3. The molecule has 0 aliphatic carbocycles. The van der Waals surface area contributed by atoms with Crippen LogP contribution in [0.4, 0.5) is 10.2 Å². The van der Waals surface area contributed by atoms with Gasteiger partial charge >= 0.3 is 0 Å². The Labute approximate surface area is 166 Å². The van der Waals surface area contributed by atoms with E-state index in [2.05, 4.69) is 25.5 Å². The highest BCUT2D eigenvalue weighted by Gasteiger charge is 2.16. The number of nitrogens with zero attached hydrogens (tertiary/aromatic N) is 6. The minimum atomic E-state index is -0.369. The fourth-order valence-electron chi connectivity index (χ4n) is 3.01. The monoisotopic (exact) mass is 391 g/mol. The number of benzene rings is 1. The Morgan fingerprint density at radius 2 is 1.79 bits per heavy atom. The number of halogens is 1. The molecule has 1 N–H and O–H groups in total. The van der Waals surface area contributed by atoms with Gasteiger partial charge in [-0.1, -0.05) is 0 Å². The van der Waals surface area contributed by atoms with Gasteiger partial charge in [-0.05, 0) is 50.2 Å². The third-order valence-corrected chi connectivity index (χ3v) is 4.37. The van der Waals surface area contributed by atoms with Gasteiger partial charge in [0.15, 0.2) is 5.82 Å². The number of hydrogen-bond acceptors (Lipinski definition) is 5. The summed E-state index contributed by atoms with van der Waals surface area (Å²) in [6.07, 6.45) is 1.37. The number of carbonyl (C=O) groups excluding carboxylic acids is 1. The van der Waals surface area contributed by atoms with Crippen molar-refractivity contribution in [2.45, 2.75) is 13.8 Å². The van der Waals surface area contributed by atoms with Crippen LogP contribution in [0.2, 0.25) is 0 Å². The van der Waals surface area contributed by atoms with E-state index in [1.807, 2.05) is 19.9 Å². The van der Waals surface area contributed by atoms with E-state index >= 15 is 0 Å². The number of hydrogen-bond donors (Lipinski definition) is 1. The van der Waals surface area contributed by atoms with Crippen molar-refractivity contribution in [1.29, 1.82) is 0 Å². The molecule has 0 saturated heterocycles. The van der Waals surface area contributed by atoms with Crippen molar-refractivity contribution in [2.75, 3.05) is 5.32 Å². The molecule has 8 nitrogen and oxygen atoms in total. The molecule has 3 aromatic heterocycles. The van der Waals surface area contributed by atoms with E-state index in [0.717, 1.165) is 17.0 Å². The summed E-state index contributed by atoms with van der Waals surface area (Å²) in [6.45, 7) is 3.82. The molecule has 4 rings (SSSR count). The van der Waals surface area contributed by atoms with E-state index in [9.17, 15) is 9.18 Å². The lowest BCUT2D eigenvalue weighted by atomic mass is 10.1. The van der Waals surface area contributed by atoms with Crippen LogP contribution in [0.5, 0.6) is 0 Å². The maximum atomic E-state index is 13.1. The lowest BCUT2D eigenvalue weighted by Gasteiger charge is -2.07. The fraction of sp³-hybridized carbons (Fsp3) is 0.150. The molecule has 0 aliphatic rings. The Morgan fingerprint density at radius 1 is 1.03 bits per heavy atom. The summed E-state index contributed by atoms with van der Waals surface area (Å²) in [5, 5.41) is 11.5. The Balaban J connectivity index is 1.58. The van der Waals surface area contributed by atoms with Crippen LogP contribution in [0.25, 0.3) is 17.1 Å².